The first kappa shape index (κ1) is 25.1. The van der Waals surface area contributed by atoms with E-state index in [-0.39, 0.29) is 35.1 Å². The van der Waals surface area contributed by atoms with Crippen LogP contribution in [0.1, 0.15) is 41.8 Å². The fraction of sp³-hybridized carbons (Fsp3) is 0.375. The van der Waals surface area contributed by atoms with Crippen LogP contribution in [-0.2, 0) is 6.42 Å². The molecule has 2 aromatic rings. The summed E-state index contributed by atoms with van der Waals surface area (Å²) in [5.41, 5.74) is 4.14. The molecule has 0 atom stereocenters. The van der Waals surface area contributed by atoms with Crippen LogP contribution in [0.25, 0.3) is 0 Å². The lowest BCUT2D eigenvalue weighted by Gasteiger charge is -2.28. The van der Waals surface area contributed by atoms with Crippen LogP contribution < -0.4 is 9.80 Å². The Balaban J connectivity index is 1.69. The summed E-state index contributed by atoms with van der Waals surface area (Å²) in [4.78, 5) is 43.6. The molecule has 2 aliphatic heterocycles. The molecule has 1 aromatic carbocycles. The molecule has 0 spiro atoms. The van der Waals surface area contributed by atoms with Gasteiger partial charge in [-0.25, -0.2) is 19.8 Å². The number of aliphatic imine (C=N–C) groups is 1. The average molecular weight is 517 g/mol. The summed E-state index contributed by atoms with van der Waals surface area (Å²) < 4.78 is 0. The van der Waals surface area contributed by atoms with Gasteiger partial charge in [-0.15, -0.1) is 0 Å². The van der Waals surface area contributed by atoms with E-state index in [2.05, 4.69) is 15.0 Å². The zero-order valence-corrected chi connectivity index (χ0v) is 21.3. The van der Waals surface area contributed by atoms with Crippen molar-refractivity contribution >= 4 is 52.4 Å². The second kappa shape index (κ2) is 10.3. The summed E-state index contributed by atoms with van der Waals surface area (Å²) in [6, 6.07) is 3.56. The molecule has 184 valence electrons. The minimum atomic E-state index is -0.519. The van der Waals surface area contributed by atoms with E-state index < -0.39 is 5.91 Å². The SMILES string of the molecule is CCC1=CN=C1N1CCN(c2c(C)cc(N(CCO)C(=O)c3c(Cl)ncnc3Cl)cc2CC)C1=O. The number of hydrogen-bond acceptors (Lipinski definition) is 6. The molecule has 3 amide bonds. The van der Waals surface area contributed by atoms with Gasteiger partial charge < -0.3 is 10.0 Å². The second-order valence-corrected chi connectivity index (χ2v) is 8.90. The maximum Gasteiger partial charge on any atom is 0.330 e. The van der Waals surface area contributed by atoms with Gasteiger partial charge in [-0.3, -0.25) is 14.6 Å². The fourth-order valence-electron chi connectivity index (χ4n) is 4.39. The van der Waals surface area contributed by atoms with Crippen LogP contribution >= 0.6 is 23.2 Å². The number of nitrogens with zero attached hydrogens (tertiary/aromatic N) is 6. The van der Waals surface area contributed by atoms with E-state index in [9.17, 15) is 14.7 Å². The van der Waals surface area contributed by atoms with Gasteiger partial charge in [0.1, 0.15) is 28.0 Å². The summed E-state index contributed by atoms with van der Waals surface area (Å²) in [6.45, 7) is 6.77. The van der Waals surface area contributed by atoms with Crippen LogP contribution in [0.4, 0.5) is 16.2 Å². The van der Waals surface area contributed by atoms with Gasteiger partial charge in [-0.2, -0.15) is 0 Å². The molecule has 1 fully saturated rings. The van der Waals surface area contributed by atoms with Crippen LogP contribution in [-0.4, -0.2) is 64.0 Å². The van der Waals surface area contributed by atoms with Crippen molar-refractivity contribution in [3.05, 3.63) is 57.2 Å². The van der Waals surface area contributed by atoms with Crippen molar-refractivity contribution < 1.29 is 14.7 Å². The molecule has 2 aliphatic rings. The highest BCUT2D eigenvalue weighted by Gasteiger charge is 2.37. The number of carbonyl (C=O) groups excluding carboxylic acids is 2. The van der Waals surface area contributed by atoms with Crippen LogP contribution in [0.5, 0.6) is 0 Å². The number of aromatic nitrogens is 2. The highest BCUT2D eigenvalue weighted by atomic mass is 35.5. The predicted octanol–water partition coefficient (Wildman–Crippen LogP) is 4.24. The van der Waals surface area contributed by atoms with Gasteiger partial charge in [0, 0.05) is 37.1 Å². The normalized spacial score (nSPS) is 15.2. The molecule has 1 saturated heterocycles. The van der Waals surface area contributed by atoms with Gasteiger partial charge in [0.05, 0.1) is 12.3 Å². The van der Waals surface area contributed by atoms with Gasteiger partial charge in [-0.05, 0) is 43.0 Å². The van der Waals surface area contributed by atoms with Crippen molar-refractivity contribution in [3.8, 4) is 0 Å². The first-order valence-corrected chi connectivity index (χ1v) is 12.2. The number of halogens is 2. The molecule has 3 heterocycles. The van der Waals surface area contributed by atoms with E-state index in [1.54, 1.807) is 16.0 Å². The van der Waals surface area contributed by atoms with E-state index in [4.69, 9.17) is 23.2 Å². The Kier molecular flexibility index (Phi) is 7.39. The standard InChI is InChI=1S/C24H26Cl2N6O3/c1-4-15-11-17(30(8-9-33)23(34)18-20(25)28-13-29-21(18)26)10-14(3)19(15)31-6-7-32(24(31)35)22-16(5-2)12-27-22/h10-13,33H,4-9H2,1-3H3. The monoisotopic (exact) mass is 516 g/mol. The van der Waals surface area contributed by atoms with E-state index in [1.165, 1.54) is 11.2 Å². The molecular formula is C24H26Cl2N6O3. The molecule has 0 radical (unpaired) electrons. The third-order valence-corrected chi connectivity index (χ3v) is 6.71. The Morgan fingerprint density at radius 1 is 1.11 bits per heavy atom. The molecule has 35 heavy (non-hydrogen) atoms. The largest absolute Gasteiger partial charge is 0.395 e. The van der Waals surface area contributed by atoms with E-state index in [1.807, 2.05) is 32.9 Å². The Hall–Kier alpha value is -3.01. The average Bonchev–Trinajstić information content (AvgIpc) is 3.16. The number of amidine groups is 1. The van der Waals surface area contributed by atoms with Crippen molar-refractivity contribution in [1.82, 2.24) is 14.9 Å². The molecule has 11 heteroatoms. The Labute approximate surface area is 213 Å². The lowest BCUT2D eigenvalue weighted by molar-refractivity contribution is 0.0980. The number of urea groups is 1. The van der Waals surface area contributed by atoms with Crippen molar-refractivity contribution in [3.63, 3.8) is 0 Å². The number of aliphatic hydroxyl groups excluding tert-OH is 1. The number of anilines is 2. The molecule has 0 bridgehead atoms. The van der Waals surface area contributed by atoms with Gasteiger partial charge in [0.15, 0.2) is 0 Å². The van der Waals surface area contributed by atoms with Crippen LogP contribution in [0.15, 0.2) is 35.2 Å². The van der Waals surface area contributed by atoms with Crippen LogP contribution in [0, 0.1) is 6.92 Å². The summed E-state index contributed by atoms with van der Waals surface area (Å²) in [5.74, 6) is 0.222. The fourth-order valence-corrected chi connectivity index (χ4v) is 4.87. The summed E-state index contributed by atoms with van der Waals surface area (Å²) >= 11 is 12.3. The Morgan fingerprint density at radius 2 is 1.80 bits per heavy atom. The van der Waals surface area contributed by atoms with Crippen molar-refractivity contribution in [2.75, 3.05) is 36.0 Å². The number of rotatable bonds is 7. The third kappa shape index (κ3) is 4.51. The lowest BCUT2D eigenvalue weighted by atomic mass is 10.0. The van der Waals surface area contributed by atoms with Crippen molar-refractivity contribution in [2.45, 2.75) is 33.6 Å². The molecule has 0 unspecified atom stereocenters. The summed E-state index contributed by atoms with van der Waals surface area (Å²) in [5, 5.41) is 9.55. The lowest BCUT2D eigenvalue weighted by Crippen LogP contribution is -2.39. The third-order valence-electron chi connectivity index (χ3n) is 6.14. The smallest absolute Gasteiger partial charge is 0.330 e. The number of amides is 3. The first-order chi connectivity index (χ1) is 16.8. The molecule has 4 rings (SSSR count). The predicted molar refractivity (Wildman–Crippen MR) is 137 cm³/mol. The van der Waals surface area contributed by atoms with E-state index in [0.29, 0.717) is 25.2 Å². The number of hydrogen-bond donors (Lipinski definition) is 1. The number of carbonyl (C=O) groups is 2. The highest BCUT2D eigenvalue weighted by Crippen LogP contribution is 2.35. The maximum atomic E-state index is 13.4. The molecule has 1 aromatic heterocycles. The second-order valence-electron chi connectivity index (χ2n) is 8.18. The van der Waals surface area contributed by atoms with Crippen molar-refractivity contribution in [2.24, 2.45) is 4.99 Å². The summed E-state index contributed by atoms with van der Waals surface area (Å²) in [7, 11) is 0. The molecule has 1 N–H and O–H groups in total. The Morgan fingerprint density at radius 3 is 2.37 bits per heavy atom. The van der Waals surface area contributed by atoms with E-state index >= 15 is 0 Å². The van der Waals surface area contributed by atoms with Crippen molar-refractivity contribution in [1.29, 1.82) is 0 Å². The van der Waals surface area contributed by atoms with Crippen LogP contribution in [0.2, 0.25) is 10.3 Å². The quantitative estimate of drug-likeness (QED) is 0.554. The van der Waals surface area contributed by atoms with Crippen LogP contribution in [0.3, 0.4) is 0 Å². The summed E-state index contributed by atoms with van der Waals surface area (Å²) in [6.07, 6.45) is 4.43. The number of benzene rings is 1. The minimum absolute atomic E-state index is 0.0186. The zero-order valence-electron chi connectivity index (χ0n) is 19.8. The van der Waals surface area contributed by atoms with Gasteiger partial charge in [-0.1, -0.05) is 37.0 Å². The van der Waals surface area contributed by atoms with Gasteiger partial charge >= 0.3 is 6.03 Å². The molecule has 0 aliphatic carbocycles. The molecule has 0 saturated carbocycles. The maximum absolute atomic E-state index is 13.4. The van der Waals surface area contributed by atoms with Gasteiger partial charge in [0.25, 0.3) is 5.91 Å². The zero-order chi connectivity index (χ0) is 25.3. The topological polar surface area (TPSA) is 102 Å². The minimum Gasteiger partial charge on any atom is -0.395 e. The van der Waals surface area contributed by atoms with Gasteiger partial charge in [0.2, 0.25) is 0 Å². The van der Waals surface area contributed by atoms with E-state index in [0.717, 1.165) is 34.6 Å². The highest BCUT2D eigenvalue weighted by molar-refractivity contribution is 6.39. The molecule has 9 nitrogen and oxygen atoms in total. The number of aliphatic hydroxyl groups is 1. The number of aryl methyl sites for hydroxylation is 2. The molecular weight excluding hydrogens is 491 g/mol. The Bertz CT molecular complexity index is 1230. The first-order valence-electron chi connectivity index (χ1n) is 11.4.